The Hall–Kier alpha value is -2.68. The first-order valence-electron chi connectivity index (χ1n) is 4.42. The summed E-state index contributed by atoms with van der Waals surface area (Å²) in [5.41, 5.74) is 6.25. The maximum absolute atomic E-state index is 10.8. The minimum atomic E-state index is -0.583. The number of pyridine rings is 1. The molecule has 6 heteroatoms. The van der Waals surface area contributed by atoms with Crippen molar-refractivity contribution in [2.75, 3.05) is 0 Å². The molecule has 2 N–H and O–H groups in total. The van der Waals surface area contributed by atoms with Crippen LogP contribution in [0.2, 0.25) is 0 Å². The molecule has 0 aliphatic heterocycles. The molecule has 0 radical (unpaired) electrons. The number of carbonyl (C=O) groups excluding carboxylic acids is 1. The van der Waals surface area contributed by atoms with Crippen molar-refractivity contribution < 1.29 is 4.79 Å². The van der Waals surface area contributed by atoms with E-state index in [0.717, 1.165) is 0 Å². The number of amides is 1. The highest BCUT2D eigenvalue weighted by Gasteiger charge is 2.05. The van der Waals surface area contributed by atoms with Crippen LogP contribution in [0.25, 0.3) is 5.69 Å². The van der Waals surface area contributed by atoms with Gasteiger partial charge in [-0.3, -0.25) is 4.79 Å². The van der Waals surface area contributed by atoms with Gasteiger partial charge in [0.2, 0.25) is 0 Å². The van der Waals surface area contributed by atoms with Gasteiger partial charge in [0.05, 0.1) is 11.9 Å². The Morgan fingerprint density at radius 2 is 2.25 bits per heavy atom. The molecule has 2 aromatic heterocycles. The molecule has 0 saturated heterocycles. The quantitative estimate of drug-likeness (QED) is 0.772. The fraction of sp³-hybridized carbons (Fsp3) is 0. The molecule has 0 aromatic carbocycles. The van der Waals surface area contributed by atoms with Gasteiger partial charge in [0, 0.05) is 6.20 Å². The molecular formula is C10H7N5O. The first-order valence-corrected chi connectivity index (χ1v) is 4.42. The summed E-state index contributed by atoms with van der Waals surface area (Å²) in [7, 11) is 0. The zero-order valence-corrected chi connectivity index (χ0v) is 8.16. The lowest BCUT2D eigenvalue weighted by Gasteiger charge is -1.99. The molecule has 0 atom stereocenters. The average Bonchev–Trinajstić information content (AvgIpc) is 2.78. The van der Waals surface area contributed by atoms with E-state index in [9.17, 15) is 4.79 Å². The van der Waals surface area contributed by atoms with Gasteiger partial charge in [0.25, 0.3) is 5.91 Å². The first-order chi connectivity index (χ1) is 7.70. The van der Waals surface area contributed by atoms with Gasteiger partial charge >= 0.3 is 0 Å². The molecule has 0 fully saturated rings. The fourth-order valence-electron chi connectivity index (χ4n) is 1.19. The topological polar surface area (TPSA) is 97.6 Å². The SMILES string of the molecule is N#Cc1ccc(-n2ccc(C(N)=O)n2)cn1. The second-order valence-electron chi connectivity index (χ2n) is 3.02. The van der Waals surface area contributed by atoms with Crippen molar-refractivity contribution in [3.8, 4) is 11.8 Å². The van der Waals surface area contributed by atoms with Gasteiger partial charge in [0.15, 0.2) is 0 Å². The highest BCUT2D eigenvalue weighted by Crippen LogP contribution is 2.06. The van der Waals surface area contributed by atoms with Gasteiger partial charge in [-0.15, -0.1) is 0 Å². The number of hydrogen-bond donors (Lipinski definition) is 1. The lowest BCUT2D eigenvalue weighted by atomic mass is 10.3. The summed E-state index contributed by atoms with van der Waals surface area (Å²) in [5, 5.41) is 12.5. The van der Waals surface area contributed by atoms with Crippen LogP contribution in [0.4, 0.5) is 0 Å². The van der Waals surface area contributed by atoms with Gasteiger partial charge in [-0.2, -0.15) is 10.4 Å². The summed E-state index contributed by atoms with van der Waals surface area (Å²) in [6.45, 7) is 0. The average molecular weight is 213 g/mol. The van der Waals surface area contributed by atoms with Crippen molar-refractivity contribution in [3.63, 3.8) is 0 Å². The summed E-state index contributed by atoms with van der Waals surface area (Å²) in [6.07, 6.45) is 3.10. The standard InChI is InChI=1S/C10H7N5O/c11-5-7-1-2-8(6-13-7)15-4-3-9(14-15)10(12)16/h1-4,6H,(H2,12,16). The lowest BCUT2D eigenvalue weighted by Crippen LogP contribution is -2.12. The van der Waals surface area contributed by atoms with Crippen LogP contribution in [-0.2, 0) is 0 Å². The van der Waals surface area contributed by atoms with E-state index >= 15 is 0 Å². The monoisotopic (exact) mass is 213 g/mol. The molecule has 6 nitrogen and oxygen atoms in total. The number of carbonyl (C=O) groups is 1. The molecule has 0 bridgehead atoms. The van der Waals surface area contributed by atoms with Crippen molar-refractivity contribution >= 4 is 5.91 Å². The Bertz CT molecular complexity index is 564. The van der Waals surface area contributed by atoms with E-state index in [-0.39, 0.29) is 5.69 Å². The highest BCUT2D eigenvalue weighted by atomic mass is 16.1. The minimum Gasteiger partial charge on any atom is -0.364 e. The van der Waals surface area contributed by atoms with Crippen molar-refractivity contribution in [2.24, 2.45) is 5.73 Å². The van der Waals surface area contributed by atoms with Gasteiger partial charge in [0.1, 0.15) is 17.5 Å². The van der Waals surface area contributed by atoms with Crippen LogP contribution in [0.1, 0.15) is 16.2 Å². The first kappa shape index (κ1) is 9.86. The summed E-state index contributed by atoms with van der Waals surface area (Å²) in [4.78, 5) is 14.7. The van der Waals surface area contributed by atoms with Gasteiger partial charge < -0.3 is 5.73 Å². The fourth-order valence-corrected chi connectivity index (χ4v) is 1.19. The summed E-state index contributed by atoms with van der Waals surface area (Å²) < 4.78 is 1.47. The van der Waals surface area contributed by atoms with Crippen LogP contribution in [0.3, 0.4) is 0 Å². The number of nitrogens with two attached hydrogens (primary N) is 1. The number of rotatable bonds is 2. The Labute approximate surface area is 90.9 Å². The molecule has 2 rings (SSSR count). The highest BCUT2D eigenvalue weighted by molar-refractivity contribution is 5.90. The van der Waals surface area contributed by atoms with E-state index in [2.05, 4.69) is 10.1 Å². The number of nitriles is 1. The third-order valence-electron chi connectivity index (χ3n) is 1.97. The van der Waals surface area contributed by atoms with E-state index in [4.69, 9.17) is 11.0 Å². The zero-order valence-electron chi connectivity index (χ0n) is 8.16. The third kappa shape index (κ3) is 1.74. The largest absolute Gasteiger partial charge is 0.364 e. The van der Waals surface area contributed by atoms with Gasteiger partial charge in [-0.25, -0.2) is 9.67 Å². The van der Waals surface area contributed by atoms with Gasteiger partial charge in [-0.05, 0) is 18.2 Å². The van der Waals surface area contributed by atoms with Crippen molar-refractivity contribution in [3.05, 3.63) is 42.0 Å². The number of aromatic nitrogens is 3. The lowest BCUT2D eigenvalue weighted by molar-refractivity contribution is 0.0995. The van der Waals surface area contributed by atoms with Crippen molar-refractivity contribution in [2.45, 2.75) is 0 Å². The molecule has 0 saturated carbocycles. The maximum atomic E-state index is 10.8. The maximum Gasteiger partial charge on any atom is 0.269 e. The second kappa shape index (κ2) is 3.82. The Kier molecular flexibility index (Phi) is 2.36. The molecule has 2 heterocycles. The Morgan fingerprint density at radius 1 is 1.44 bits per heavy atom. The van der Waals surface area contributed by atoms with E-state index in [1.807, 2.05) is 6.07 Å². The summed E-state index contributed by atoms with van der Waals surface area (Å²) in [6, 6.07) is 6.68. The van der Waals surface area contributed by atoms with Crippen LogP contribution in [0, 0.1) is 11.3 Å². The molecular weight excluding hydrogens is 206 g/mol. The summed E-state index contributed by atoms with van der Waals surface area (Å²) >= 11 is 0. The van der Waals surface area contributed by atoms with Crippen molar-refractivity contribution in [1.29, 1.82) is 5.26 Å². The predicted octanol–water partition coefficient (Wildman–Crippen LogP) is 0.238. The molecule has 0 spiro atoms. The Morgan fingerprint density at radius 3 is 2.75 bits per heavy atom. The zero-order chi connectivity index (χ0) is 11.5. The van der Waals surface area contributed by atoms with Crippen molar-refractivity contribution in [1.82, 2.24) is 14.8 Å². The molecule has 0 unspecified atom stereocenters. The molecule has 78 valence electrons. The molecule has 0 aliphatic rings. The third-order valence-corrected chi connectivity index (χ3v) is 1.97. The van der Waals surface area contributed by atoms with Crippen LogP contribution < -0.4 is 5.73 Å². The molecule has 0 aliphatic carbocycles. The van der Waals surface area contributed by atoms with Crippen LogP contribution in [0.5, 0.6) is 0 Å². The van der Waals surface area contributed by atoms with E-state index in [1.54, 1.807) is 18.3 Å². The minimum absolute atomic E-state index is 0.185. The smallest absolute Gasteiger partial charge is 0.269 e. The predicted molar refractivity (Wildman–Crippen MR) is 54.6 cm³/mol. The van der Waals surface area contributed by atoms with Crippen LogP contribution >= 0.6 is 0 Å². The van der Waals surface area contributed by atoms with E-state index < -0.39 is 5.91 Å². The molecule has 16 heavy (non-hydrogen) atoms. The number of nitrogens with zero attached hydrogens (tertiary/aromatic N) is 4. The van der Waals surface area contributed by atoms with Gasteiger partial charge in [-0.1, -0.05) is 0 Å². The number of primary amides is 1. The number of hydrogen-bond acceptors (Lipinski definition) is 4. The molecule has 1 amide bonds. The second-order valence-corrected chi connectivity index (χ2v) is 3.02. The Balaban J connectivity index is 2.36. The summed E-state index contributed by atoms with van der Waals surface area (Å²) in [5.74, 6) is -0.583. The van der Waals surface area contributed by atoms with Crippen LogP contribution in [0.15, 0.2) is 30.6 Å². The van der Waals surface area contributed by atoms with E-state index in [1.165, 1.54) is 16.9 Å². The van der Waals surface area contributed by atoms with E-state index in [0.29, 0.717) is 11.4 Å². The van der Waals surface area contributed by atoms with Crippen LogP contribution in [-0.4, -0.2) is 20.7 Å². The molecule has 2 aromatic rings. The normalized spacial score (nSPS) is 9.69.